The average Bonchev–Trinajstić information content (AvgIpc) is 2.94. The molecule has 0 saturated heterocycles. The summed E-state index contributed by atoms with van der Waals surface area (Å²) in [4.78, 5) is 23.6. The zero-order valence-corrected chi connectivity index (χ0v) is 11.0. The standard InChI is InChI=1S/C12H9ClO4S/c1-7-2-3-9(17-7)12(15)16-6-8(14)10-4-5-11(13)18-10/h2-5H,6H2,1H3. The lowest BCUT2D eigenvalue weighted by Crippen LogP contribution is -2.12. The summed E-state index contributed by atoms with van der Waals surface area (Å²) in [6.45, 7) is 1.39. The highest BCUT2D eigenvalue weighted by Crippen LogP contribution is 2.21. The van der Waals surface area contributed by atoms with E-state index in [-0.39, 0.29) is 18.2 Å². The van der Waals surface area contributed by atoms with Gasteiger partial charge in [-0.2, -0.15) is 0 Å². The minimum Gasteiger partial charge on any atom is -0.454 e. The molecule has 0 aliphatic rings. The number of halogens is 1. The average molecular weight is 285 g/mol. The van der Waals surface area contributed by atoms with Crippen LogP contribution < -0.4 is 0 Å². The molecule has 0 spiro atoms. The molecule has 0 aliphatic carbocycles. The van der Waals surface area contributed by atoms with Crippen molar-refractivity contribution >= 4 is 34.7 Å². The molecule has 0 amide bonds. The largest absolute Gasteiger partial charge is 0.454 e. The van der Waals surface area contributed by atoms with Gasteiger partial charge in [0.15, 0.2) is 6.61 Å². The SMILES string of the molecule is Cc1ccc(C(=O)OCC(=O)c2ccc(Cl)s2)o1. The summed E-state index contributed by atoms with van der Waals surface area (Å²) in [7, 11) is 0. The maximum atomic E-state index is 11.6. The van der Waals surface area contributed by atoms with E-state index in [9.17, 15) is 9.59 Å². The fourth-order valence-electron chi connectivity index (χ4n) is 1.28. The fourth-order valence-corrected chi connectivity index (χ4v) is 2.25. The third-order valence-corrected chi connectivity index (χ3v) is 3.40. The molecule has 6 heteroatoms. The van der Waals surface area contributed by atoms with Crippen molar-refractivity contribution in [3.8, 4) is 0 Å². The van der Waals surface area contributed by atoms with Gasteiger partial charge in [0.2, 0.25) is 11.5 Å². The Morgan fingerprint density at radius 3 is 2.67 bits per heavy atom. The fraction of sp³-hybridized carbons (Fsp3) is 0.167. The van der Waals surface area contributed by atoms with Crippen molar-refractivity contribution in [2.45, 2.75) is 6.92 Å². The van der Waals surface area contributed by atoms with Crippen LogP contribution in [-0.2, 0) is 4.74 Å². The Kier molecular flexibility index (Phi) is 3.84. The van der Waals surface area contributed by atoms with E-state index in [2.05, 4.69) is 0 Å². The molecule has 0 radical (unpaired) electrons. The Bertz CT molecular complexity index is 532. The number of hydrogen-bond acceptors (Lipinski definition) is 5. The van der Waals surface area contributed by atoms with Gasteiger partial charge in [0.25, 0.3) is 0 Å². The molecule has 2 heterocycles. The summed E-state index contributed by atoms with van der Waals surface area (Å²) in [5, 5.41) is 0. The molecule has 18 heavy (non-hydrogen) atoms. The number of thiophene rings is 1. The van der Waals surface area contributed by atoms with Crippen molar-refractivity contribution in [2.24, 2.45) is 0 Å². The first kappa shape index (κ1) is 12.9. The number of ether oxygens (including phenoxy) is 1. The number of aryl methyl sites for hydroxylation is 1. The maximum Gasteiger partial charge on any atom is 0.374 e. The second-order valence-corrected chi connectivity index (χ2v) is 5.23. The number of esters is 1. The van der Waals surface area contributed by atoms with Gasteiger partial charge in [-0.15, -0.1) is 11.3 Å². The maximum absolute atomic E-state index is 11.6. The number of ketones is 1. The minimum atomic E-state index is -0.654. The summed E-state index contributed by atoms with van der Waals surface area (Å²) in [6.07, 6.45) is 0. The van der Waals surface area contributed by atoms with Crippen LogP contribution in [-0.4, -0.2) is 18.4 Å². The van der Waals surface area contributed by atoms with Gasteiger partial charge in [-0.3, -0.25) is 4.79 Å². The number of Topliss-reactive ketones (excluding diaryl/α,β-unsaturated/α-hetero) is 1. The van der Waals surface area contributed by atoms with Crippen molar-refractivity contribution in [1.29, 1.82) is 0 Å². The molecular weight excluding hydrogens is 276 g/mol. The smallest absolute Gasteiger partial charge is 0.374 e. The van der Waals surface area contributed by atoms with Crippen LogP contribution in [0.2, 0.25) is 4.34 Å². The van der Waals surface area contributed by atoms with Crippen molar-refractivity contribution in [1.82, 2.24) is 0 Å². The van der Waals surface area contributed by atoms with E-state index < -0.39 is 5.97 Å². The van der Waals surface area contributed by atoms with Crippen LogP contribution in [0.5, 0.6) is 0 Å². The normalized spacial score (nSPS) is 10.3. The highest BCUT2D eigenvalue weighted by atomic mass is 35.5. The second-order valence-electron chi connectivity index (χ2n) is 3.51. The van der Waals surface area contributed by atoms with Crippen molar-refractivity contribution < 1.29 is 18.7 Å². The van der Waals surface area contributed by atoms with Crippen molar-refractivity contribution in [3.63, 3.8) is 0 Å². The van der Waals surface area contributed by atoms with Crippen molar-refractivity contribution in [3.05, 3.63) is 45.0 Å². The number of hydrogen-bond donors (Lipinski definition) is 0. The Hall–Kier alpha value is -1.59. The molecule has 0 unspecified atom stereocenters. The molecule has 2 rings (SSSR count). The van der Waals surface area contributed by atoms with Crippen LogP contribution in [0.3, 0.4) is 0 Å². The van der Waals surface area contributed by atoms with E-state index in [1.54, 1.807) is 25.1 Å². The lowest BCUT2D eigenvalue weighted by molar-refractivity contribution is 0.0444. The quantitative estimate of drug-likeness (QED) is 0.638. The zero-order valence-electron chi connectivity index (χ0n) is 9.44. The first-order valence-electron chi connectivity index (χ1n) is 5.08. The summed E-state index contributed by atoms with van der Waals surface area (Å²) >= 11 is 6.86. The first-order chi connectivity index (χ1) is 8.56. The third kappa shape index (κ3) is 3.00. The number of carbonyl (C=O) groups is 2. The number of furan rings is 1. The van der Waals surface area contributed by atoms with Gasteiger partial charge in [0.1, 0.15) is 5.76 Å². The summed E-state index contributed by atoms with van der Waals surface area (Å²) < 4.78 is 10.5. The topological polar surface area (TPSA) is 56.5 Å². The molecule has 2 aromatic heterocycles. The summed E-state index contributed by atoms with van der Waals surface area (Å²) in [6, 6.07) is 6.37. The van der Waals surface area contributed by atoms with Gasteiger partial charge in [0, 0.05) is 0 Å². The third-order valence-electron chi connectivity index (χ3n) is 2.12. The Balaban J connectivity index is 1.92. The highest BCUT2D eigenvalue weighted by molar-refractivity contribution is 7.18. The predicted molar refractivity (Wildman–Crippen MR) is 67.4 cm³/mol. The van der Waals surface area contributed by atoms with Crippen LogP contribution >= 0.6 is 22.9 Å². The predicted octanol–water partition coefficient (Wildman–Crippen LogP) is 3.34. The molecule has 4 nitrogen and oxygen atoms in total. The molecule has 0 aliphatic heterocycles. The first-order valence-corrected chi connectivity index (χ1v) is 6.28. The van der Waals surface area contributed by atoms with Crippen LogP contribution in [0.15, 0.2) is 28.7 Å². The van der Waals surface area contributed by atoms with Gasteiger partial charge < -0.3 is 9.15 Å². The highest BCUT2D eigenvalue weighted by Gasteiger charge is 2.15. The molecule has 0 bridgehead atoms. The van der Waals surface area contributed by atoms with Gasteiger partial charge in [0.05, 0.1) is 9.21 Å². The van der Waals surface area contributed by atoms with E-state index in [1.807, 2.05) is 0 Å². The van der Waals surface area contributed by atoms with E-state index in [1.165, 1.54) is 6.07 Å². The van der Waals surface area contributed by atoms with E-state index in [4.69, 9.17) is 20.8 Å². The van der Waals surface area contributed by atoms with E-state index >= 15 is 0 Å². The molecule has 94 valence electrons. The lowest BCUT2D eigenvalue weighted by atomic mass is 10.3. The number of carbonyl (C=O) groups excluding carboxylic acids is 2. The van der Waals surface area contributed by atoms with E-state index in [0.29, 0.717) is 15.0 Å². The molecule has 0 N–H and O–H groups in total. The molecule has 0 aromatic carbocycles. The van der Waals surface area contributed by atoms with Crippen molar-refractivity contribution in [2.75, 3.05) is 6.61 Å². The molecule has 2 aromatic rings. The molecular formula is C12H9ClO4S. The molecule has 0 fully saturated rings. The van der Waals surface area contributed by atoms with E-state index in [0.717, 1.165) is 11.3 Å². The zero-order chi connectivity index (χ0) is 13.1. The minimum absolute atomic E-state index is 0.0875. The number of rotatable bonds is 4. The van der Waals surface area contributed by atoms with Crippen LogP contribution in [0, 0.1) is 6.92 Å². The van der Waals surface area contributed by atoms with Gasteiger partial charge in [-0.1, -0.05) is 11.6 Å². The lowest BCUT2D eigenvalue weighted by Gasteiger charge is -2.00. The Labute approximate surface area is 112 Å². The monoisotopic (exact) mass is 284 g/mol. The molecule has 0 saturated carbocycles. The van der Waals surface area contributed by atoms with Gasteiger partial charge in [-0.05, 0) is 31.2 Å². The van der Waals surface area contributed by atoms with Gasteiger partial charge >= 0.3 is 5.97 Å². The molecule has 0 atom stereocenters. The van der Waals surface area contributed by atoms with Crippen LogP contribution in [0.25, 0.3) is 0 Å². The summed E-state index contributed by atoms with van der Waals surface area (Å²) in [5.74, 6) is -0.245. The summed E-state index contributed by atoms with van der Waals surface area (Å²) in [5.41, 5.74) is 0. The Morgan fingerprint density at radius 1 is 1.33 bits per heavy atom. The van der Waals surface area contributed by atoms with Crippen LogP contribution in [0.1, 0.15) is 26.0 Å². The second kappa shape index (κ2) is 5.37. The van der Waals surface area contributed by atoms with Crippen LogP contribution in [0.4, 0.5) is 0 Å². The van der Waals surface area contributed by atoms with Gasteiger partial charge in [-0.25, -0.2) is 4.79 Å². The Morgan fingerprint density at radius 2 is 2.11 bits per heavy atom.